The van der Waals surface area contributed by atoms with Crippen molar-refractivity contribution in [3.8, 4) is 0 Å². The summed E-state index contributed by atoms with van der Waals surface area (Å²) in [6.07, 6.45) is 8.13. The van der Waals surface area contributed by atoms with Gasteiger partial charge in [0.05, 0.1) is 0 Å². The summed E-state index contributed by atoms with van der Waals surface area (Å²) >= 11 is 0. The molecule has 0 saturated carbocycles. The summed E-state index contributed by atoms with van der Waals surface area (Å²) in [7, 11) is 0. The van der Waals surface area contributed by atoms with Gasteiger partial charge in [0.15, 0.2) is 0 Å². The molecular weight excluding hydrogens is 218 g/mol. The lowest BCUT2D eigenvalue weighted by Crippen LogP contribution is -2.17. The fraction of sp³-hybridized carbons (Fsp3) is 0.529. The van der Waals surface area contributed by atoms with Gasteiger partial charge >= 0.3 is 0 Å². The molecule has 18 heavy (non-hydrogen) atoms. The predicted octanol–water partition coefficient (Wildman–Crippen LogP) is 4.65. The largest absolute Gasteiger partial charge is 0.313 e. The molecule has 1 aromatic carbocycles. The lowest BCUT2D eigenvalue weighted by atomic mass is 10.1. The molecule has 100 valence electrons. The van der Waals surface area contributed by atoms with Gasteiger partial charge in [0, 0.05) is 6.54 Å². The van der Waals surface area contributed by atoms with Gasteiger partial charge in [-0.05, 0) is 24.1 Å². The van der Waals surface area contributed by atoms with Crippen LogP contribution in [-0.4, -0.2) is 13.1 Å². The van der Waals surface area contributed by atoms with E-state index in [1.807, 2.05) is 6.07 Å². The van der Waals surface area contributed by atoms with Gasteiger partial charge in [0.2, 0.25) is 0 Å². The van der Waals surface area contributed by atoms with Gasteiger partial charge in [-0.25, -0.2) is 0 Å². The molecule has 0 bridgehead atoms. The average Bonchev–Trinajstić information content (AvgIpc) is 2.42. The standard InChI is InChI=1S/C17H27N/c1-3-4-5-6-7-11-14-18-15-16(2)17-12-9-8-10-13-17/h8-10,12-13,18H,2-7,11,14-15H2,1H3. The maximum Gasteiger partial charge on any atom is 0.0205 e. The van der Waals surface area contributed by atoms with E-state index >= 15 is 0 Å². The monoisotopic (exact) mass is 245 g/mol. The fourth-order valence-electron chi connectivity index (χ4n) is 2.05. The van der Waals surface area contributed by atoms with Crippen molar-refractivity contribution in [2.24, 2.45) is 0 Å². The van der Waals surface area contributed by atoms with Gasteiger partial charge in [0.1, 0.15) is 0 Å². The Hall–Kier alpha value is -1.08. The first-order valence-electron chi connectivity index (χ1n) is 7.28. The first-order valence-corrected chi connectivity index (χ1v) is 7.28. The van der Waals surface area contributed by atoms with Crippen molar-refractivity contribution >= 4 is 5.57 Å². The van der Waals surface area contributed by atoms with E-state index in [2.05, 4.69) is 43.1 Å². The Kier molecular flexibility index (Phi) is 8.24. The molecule has 0 unspecified atom stereocenters. The summed E-state index contributed by atoms with van der Waals surface area (Å²) in [6.45, 7) is 8.39. The van der Waals surface area contributed by atoms with Gasteiger partial charge in [-0.2, -0.15) is 0 Å². The van der Waals surface area contributed by atoms with Crippen LogP contribution in [0.3, 0.4) is 0 Å². The molecule has 1 N–H and O–H groups in total. The molecule has 0 amide bonds. The smallest absolute Gasteiger partial charge is 0.0205 e. The van der Waals surface area contributed by atoms with E-state index in [-0.39, 0.29) is 0 Å². The molecule has 0 spiro atoms. The van der Waals surface area contributed by atoms with Gasteiger partial charge in [-0.1, -0.05) is 75.9 Å². The molecular formula is C17H27N. The fourth-order valence-corrected chi connectivity index (χ4v) is 2.05. The molecule has 0 aliphatic carbocycles. The van der Waals surface area contributed by atoms with Crippen molar-refractivity contribution in [1.82, 2.24) is 5.32 Å². The lowest BCUT2D eigenvalue weighted by Gasteiger charge is -2.08. The summed E-state index contributed by atoms with van der Waals surface area (Å²) in [5.74, 6) is 0. The third-order valence-electron chi connectivity index (χ3n) is 3.23. The maximum absolute atomic E-state index is 4.12. The zero-order valence-corrected chi connectivity index (χ0v) is 11.8. The minimum Gasteiger partial charge on any atom is -0.313 e. The first kappa shape index (κ1) is 15.0. The molecule has 1 rings (SSSR count). The molecule has 0 aliphatic heterocycles. The number of nitrogens with one attached hydrogen (secondary N) is 1. The Morgan fingerprint density at radius 1 is 1.00 bits per heavy atom. The molecule has 1 nitrogen and oxygen atoms in total. The van der Waals surface area contributed by atoms with E-state index in [0.717, 1.165) is 13.1 Å². The Labute approximate surface area is 112 Å². The Bertz CT molecular complexity index is 316. The number of unbranched alkanes of at least 4 members (excludes halogenated alkanes) is 5. The van der Waals surface area contributed by atoms with Crippen molar-refractivity contribution in [2.45, 2.75) is 45.4 Å². The zero-order chi connectivity index (χ0) is 13.1. The van der Waals surface area contributed by atoms with E-state index in [9.17, 15) is 0 Å². The van der Waals surface area contributed by atoms with Crippen molar-refractivity contribution in [2.75, 3.05) is 13.1 Å². The molecule has 0 fully saturated rings. The number of benzene rings is 1. The molecule has 0 atom stereocenters. The van der Waals surface area contributed by atoms with E-state index < -0.39 is 0 Å². The molecule has 0 saturated heterocycles. The van der Waals surface area contributed by atoms with Crippen LogP contribution in [0.5, 0.6) is 0 Å². The normalized spacial score (nSPS) is 10.5. The number of hydrogen-bond donors (Lipinski definition) is 1. The van der Waals surface area contributed by atoms with Crippen LogP contribution < -0.4 is 5.32 Å². The average molecular weight is 245 g/mol. The van der Waals surface area contributed by atoms with Crippen LogP contribution in [0.2, 0.25) is 0 Å². The summed E-state index contributed by atoms with van der Waals surface area (Å²) in [4.78, 5) is 0. The van der Waals surface area contributed by atoms with Gasteiger partial charge in [-0.15, -0.1) is 0 Å². The highest BCUT2D eigenvalue weighted by Gasteiger charge is 1.97. The molecule has 0 aromatic heterocycles. The maximum atomic E-state index is 4.12. The quantitative estimate of drug-likeness (QED) is 0.592. The second-order valence-corrected chi connectivity index (χ2v) is 4.91. The zero-order valence-electron chi connectivity index (χ0n) is 11.8. The van der Waals surface area contributed by atoms with Gasteiger partial charge in [0.25, 0.3) is 0 Å². The summed E-state index contributed by atoms with van der Waals surface area (Å²) in [5, 5.41) is 3.48. The van der Waals surface area contributed by atoms with E-state index in [1.165, 1.54) is 49.7 Å². The molecule has 1 aromatic rings. The Morgan fingerprint density at radius 2 is 1.67 bits per heavy atom. The summed E-state index contributed by atoms with van der Waals surface area (Å²) in [5.41, 5.74) is 2.43. The summed E-state index contributed by atoms with van der Waals surface area (Å²) in [6, 6.07) is 10.4. The number of hydrogen-bond acceptors (Lipinski definition) is 1. The van der Waals surface area contributed by atoms with E-state index in [1.54, 1.807) is 0 Å². The van der Waals surface area contributed by atoms with Crippen LogP contribution in [0, 0.1) is 0 Å². The predicted molar refractivity (Wildman–Crippen MR) is 81.7 cm³/mol. The SMILES string of the molecule is C=C(CNCCCCCCCC)c1ccccc1. The third-order valence-corrected chi connectivity index (χ3v) is 3.23. The highest BCUT2D eigenvalue weighted by Crippen LogP contribution is 2.10. The first-order chi connectivity index (χ1) is 8.84. The van der Waals surface area contributed by atoms with E-state index in [4.69, 9.17) is 0 Å². The van der Waals surface area contributed by atoms with Crippen molar-refractivity contribution in [3.63, 3.8) is 0 Å². The minimum absolute atomic E-state index is 0.902. The highest BCUT2D eigenvalue weighted by atomic mass is 14.8. The highest BCUT2D eigenvalue weighted by molar-refractivity contribution is 5.64. The topological polar surface area (TPSA) is 12.0 Å². The summed E-state index contributed by atoms with van der Waals surface area (Å²) < 4.78 is 0. The molecule has 0 radical (unpaired) electrons. The van der Waals surface area contributed by atoms with Crippen LogP contribution >= 0.6 is 0 Å². The van der Waals surface area contributed by atoms with Crippen LogP contribution in [-0.2, 0) is 0 Å². The van der Waals surface area contributed by atoms with Crippen LogP contribution in [0.1, 0.15) is 51.0 Å². The molecule has 1 heteroatoms. The third kappa shape index (κ3) is 6.61. The van der Waals surface area contributed by atoms with Gasteiger partial charge < -0.3 is 5.32 Å². The lowest BCUT2D eigenvalue weighted by molar-refractivity contribution is 0.586. The second kappa shape index (κ2) is 9.90. The Balaban J connectivity index is 2.00. The van der Waals surface area contributed by atoms with Crippen LogP contribution in [0.4, 0.5) is 0 Å². The van der Waals surface area contributed by atoms with Gasteiger partial charge in [-0.3, -0.25) is 0 Å². The van der Waals surface area contributed by atoms with Crippen LogP contribution in [0.25, 0.3) is 5.57 Å². The van der Waals surface area contributed by atoms with Crippen molar-refractivity contribution < 1.29 is 0 Å². The molecule has 0 aliphatic rings. The minimum atomic E-state index is 0.902. The second-order valence-electron chi connectivity index (χ2n) is 4.91. The van der Waals surface area contributed by atoms with Crippen molar-refractivity contribution in [1.29, 1.82) is 0 Å². The van der Waals surface area contributed by atoms with Crippen molar-refractivity contribution in [3.05, 3.63) is 42.5 Å². The number of rotatable bonds is 10. The Morgan fingerprint density at radius 3 is 2.39 bits per heavy atom. The van der Waals surface area contributed by atoms with Crippen LogP contribution in [0.15, 0.2) is 36.9 Å². The molecule has 0 heterocycles. The van der Waals surface area contributed by atoms with E-state index in [0.29, 0.717) is 0 Å².